The molecule has 0 aliphatic rings. The molecule has 3 N–H and O–H groups in total. The number of methoxy groups -OCH3 is 1. The minimum absolute atomic E-state index is 0.0352. The molecule has 6 nitrogen and oxygen atoms in total. The van der Waals surface area contributed by atoms with Gasteiger partial charge in [0.1, 0.15) is 41.6 Å². The fourth-order valence-electron chi connectivity index (χ4n) is 3.66. The van der Waals surface area contributed by atoms with Gasteiger partial charge in [-0.05, 0) is 24.3 Å². The zero-order chi connectivity index (χ0) is 24.2. The van der Waals surface area contributed by atoms with Crippen molar-refractivity contribution in [2.75, 3.05) is 25.6 Å². The Kier molecular flexibility index (Phi) is 6.74. The maximum atomic E-state index is 14.8. The smallest absolute Gasteiger partial charge is 0.191 e. The number of carbonyl (C=O) groups is 1. The van der Waals surface area contributed by atoms with Gasteiger partial charge < -0.3 is 24.9 Å². The molecule has 0 bridgehead atoms. The molecule has 3 aromatic carbocycles. The minimum atomic E-state index is -1.26. The fourth-order valence-corrected chi connectivity index (χ4v) is 3.66. The monoisotopic (exact) mass is 470 g/mol. The predicted octanol–water partition coefficient (Wildman–Crippen LogP) is 5.00. The molecule has 0 aliphatic carbocycles. The Balaban J connectivity index is 1.78. The van der Waals surface area contributed by atoms with Gasteiger partial charge >= 0.3 is 0 Å². The van der Waals surface area contributed by atoms with Crippen molar-refractivity contribution < 1.29 is 32.5 Å². The number of aromatic amines is 1. The molecule has 9 heteroatoms. The fraction of sp³-hybridized carbons (Fsp3) is 0.160. The number of rotatable bonds is 9. The van der Waals surface area contributed by atoms with Crippen molar-refractivity contribution >= 4 is 22.4 Å². The van der Waals surface area contributed by atoms with Gasteiger partial charge in [0.15, 0.2) is 5.78 Å². The Hall–Kier alpha value is -3.98. The number of halogens is 3. The van der Waals surface area contributed by atoms with Crippen molar-refractivity contribution in [3.8, 4) is 11.5 Å². The molecule has 4 aromatic rings. The average molecular weight is 470 g/mol. The highest BCUT2D eigenvalue weighted by atomic mass is 19.1. The lowest BCUT2D eigenvalue weighted by atomic mass is 9.96. The van der Waals surface area contributed by atoms with Gasteiger partial charge in [-0.3, -0.25) is 4.79 Å². The number of fused-ring (bicyclic) bond motifs is 1. The molecule has 0 fully saturated rings. The first kappa shape index (κ1) is 23.2. The number of H-pyrrole nitrogens is 1. The molecule has 1 unspecified atom stereocenters. The van der Waals surface area contributed by atoms with Gasteiger partial charge in [-0.25, -0.2) is 13.2 Å². The van der Waals surface area contributed by atoms with E-state index < -0.39 is 29.3 Å². The van der Waals surface area contributed by atoms with Crippen molar-refractivity contribution in [1.82, 2.24) is 4.98 Å². The molecule has 176 valence electrons. The predicted molar refractivity (Wildman–Crippen MR) is 121 cm³/mol. The van der Waals surface area contributed by atoms with Crippen molar-refractivity contribution in [2.45, 2.75) is 6.04 Å². The number of ether oxygens (including phenoxy) is 2. The Morgan fingerprint density at radius 3 is 2.50 bits per heavy atom. The van der Waals surface area contributed by atoms with Crippen LogP contribution in [0.1, 0.15) is 22.0 Å². The third-order valence-corrected chi connectivity index (χ3v) is 5.23. The second-order valence-electron chi connectivity index (χ2n) is 7.47. The van der Waals surface area contributed by atoms with Crippen molar-refractivity contribution in [2.24, 2.45) is 0 Å². The van der Waals surface area contributed by atoms with Crippen LogP contribution < -0.4 is 14.8 Å². The van der Waals surface area contributed by atoms with Crippen LogP contribution in [0.5, 0.6) is 11.5 Å². The number of aliphatic hydroxyl groups is 1. The van der Waals surface area contributed by atoms with Crippen molar-refractivity contribution in [3.63, 3.8) is 0 Å². The molecule has 34 heavy (non-hydrogen) atoms. The lowest BCUT2D eigenvalue weighted by Crippen LogP contribution is -2.22. The molecular formula is C25H21F3N2O4. The van der Waals surface area contributed by atoms with Crippen LogP contribution in [0.15, 0.2) is 60.8 Å². The second kappa shape index (κ2) is 9.88. The highest BCUT2D eigenvalue weighted by molar-refractivity contribution is 6.11. The summed E-state index contributed by atoms with van der Waals surface area (Å²) >= 11 is 0. The zero-order valence-corrected chi connectivity index (χ0v) is 18.1. The van der Waals surface area contributed by atoms with Gasteiger partial charge in [-0.1, -0.05) is 6.07 Å². The highest BCUT2D eigenvalue weighted by Crippen LogP contribution is 2.33. The Morgan fingerprint density at radius 1 is 1.03 bits per heavy atom. The summed E-state index contributed by atoms with van der Waals surface area (Å²) in [5.74, 6) is -1.94. The highest BCUT2D eigenvalue weighted by Gasteiger charge is 2.27. The van der Waals surface area contributed by atoms with Gasteiger partial charge in [-0.2, -0.15) is 0 Å². The largest absolute Gasteiger partial charge is 0.497 e. The Bertz CT molecular complexity index is 1340. The topological polar surface area (TPSA) is 83.6 Å². The van der Waals surface area contributed by atoms with Gasteiger partial charge in [-0.15, -0.1) is 0 Å². The normalized spacial score (nSPS) is 11.9. The number of Topliss-reactive ketones (excluding diaryl/α,β-unsaturated/α-hetero) is 1. The molecule has 1 aromatic heterocycles. The molecule has 0 saturated heterocycles. The summed E-state index contributed by atoms with van der Waals surface area (Å²) in [6, 6.07) is 10.3. The second-order valence-corrected chi connectivity index (χ2v) is 7.47. The van der Waals surface area contributed by atoms with E-state index in [-0.39, 0.29) is 24.3 Å². The SMILES string of the molecule is COc1cc(NC(C(=O)c2c[nH]c3cc(F)ccc23)c2ccc(F)cc2F)cc(OCCO)c1. The summed E-state index contributed by atoms with van der Waals surface area (Å²) in [7, 11) is 1.45. The quantitative estimate of drug-likeness (QED) is 0.300. The van der Waals surface area contributed by atoms with E-state index in [0.29, 0.717) is 34.2 Å². The zero-order valence-electron chi connectivity index (χ0n) is 18.1. The van der Waals surface area contributed by atoms with Crippen LogP contribution in [0.4, 0.5) is 18.9 Å². The first-order valence-corrected chi connectivity index (χ1v) is 10.3. The number of benzene rings is 3. The molecule has 0 spiro atoms. The maximum Gasteiger partial charge on any atom is 0.191 e. The van der Waals surface area contributed by atoms with Gasteiger partial charge in [0, 0.05) is 58.2 Å². The van der Waals surface area contributed by atoms with Crippen LogP contribution >= 0.6 is 0 Å². The number of aromatic nitrogens is 1. The molecule has 0 saturated carbocycles. The number of carbonyl (C=O) groups excluding carboxylic acids is 1. The summed E-state index contributed by atoms with van der Waals surface area (Å²) in [5.41, 5.74) is 0.891. The maximum absolute atomic E-state index is 14.8. The van der Waals surface area contributed by atoms with Crippen molar-refractivity contribution in [1.29, 1.82) is 0 Å². The van der Waals surface area contributed by atoms with Crippen molar-refractivity contribution in [3.05, 3.63) is 89.4 Å². The van der Waals surface area contributed by atoms with Crippen LogP contribution in [0.25, 0.3) is 10.9 Å². The summed E-state index contributed by atoms with van der Waals surface area (Å²) in [6.07, 6.45) is 1.42. The van der Waals surface area contributed by atoms with Crippen LogP contribution in [-0.2, 0) is 0 Å². The van der Waals surface area contributed by atoms with E-state index >= 15 is 0 Å². The van der Waals surface area contributed by atoms with Crippen LogP contribution in [0.2, 0.25) is 0 Å². The third kappa shape index (κ3) is 4.84. The van der Waals surface area contributed by atoms with E-state index in [0.717, 1.165) is 6.07 Å². The number of nitrogens with one attached hydrogen (secondary N) is 2. The number of hydrogen-bond donors (Lipinski definition) is 3. The standard InChI is InChI=1S/C25H21F3N2O4/c1-33-17-10-16(11-18(12-17)34-7-6-31)30-24(20-5-3-14(26)8-22(20)28)25(32)21-13-29-23-9-15(27)2-4-19(21)23/h2-5,8-13,24,29-31H,6-7H2,1H3. The van der Waals surface area contributed by atoms with Gasteiger partial charge in [0.05, 0.1) is 13.7 Å². The van der Waals surface area contributed by atoms with Gasteiger partial charge in [0.2, 0.25) is 0 Å². The molecule has 1 heterocycles. The molecule has 4 rings (SSSR count). The number of aliphatic hydroxyl groups excluding tert-OH is 1. The summed E-state index contributed by atoms with van der Waals surface area (Å²) in [6.45, 7) is -0.170. The van der Waals surface area contributed by atoms with E-state index in [9.17, 15) is 18.0 Å². The summed E-state index contributed by atoms with van der Waals surface area (Å²) < 4.78 is 52.7. The Labute approximate surface area is 192 Å². The van der Waals surface area contributed by atoms with E-state index in [1.54, 1.807) is 18.2 Å². The number of ketones is 1. The minimum Gasteiger partial charge on any atom is -0.497 e. The summed E-state index contributed by atoms with van der Waals surface area (Å²) in [5, 5.41) is 12.5. The molecule has 1 atom stereocenters. The van der Waals surface area contributed by atoms with E-state index in [1.165, 1.54) is 37.6 Å². The average Bonchev–Trinajstić information content (AvgIpc) is 3.24. The van der Waals surface area contributed by atoms with Crippen LogP contribution in [0, 0.1) is 17.5 Å². The summed E-state index contributed by atoms with van der Waals surface area (Å²) in [4.78, 5) is 16.5. The lowest BCUT2D eigenvalue weighted by Gasteiger charge is -2.21. The van der Waals surface area contributed by atoms with Gasteiger partial charge in [0.25, 0.3) is 0 Å². The third-order valence-electron chi connectivity index (χ3n) is 5.23. The number of hydrogen-bond acceptors (Lipinski definition) is 5. The number of anilines is 1. The Morgan fingerprint density at radius 2 is 1.76 bits per heavy atom. The van der Waals surface area contributed by atoms with E-state index in [4.69, 9.17) is 14.6 Å². The first-order chi connectivity index (χ1) is 16.4. The molecule has 0 radical (unpaired) electrons. The van der Waals surface area contributed by atoms with Crippen LogP contribution in [-0.4, -0.2) is 36.2 Å². The molecular weight excluding hydrogens is 449 g/mol. The lowest BCUT2D eigenvalue weighted by molar-refractivity contribution is 0.0969. The van der Waals surface area contributed by atoms with E-state index in [2.05, 4.69) is 10.3 Å². The molecule has 0 amide bonds. The van der Waals surface area contributed by atoms with E-state index in [1.807, 2.05) is 0 Å². The first-order valence-electron chi connectivity index (χ1n) is 10.3. The molecule has 0 aliphatic heterocycles. The van der Waals surface area contributed by atoms with Crippen LogP contribution in [0.3, 0.4) is 0 Å².